The minimum Gasteiger partial charge on any atom is -0.343 e. The van der Waals surface area contributed by atoms with E-state index in [9.17, 15) is 4.79 Å². The van der Waals surface area contributed by atoms with Crippen molar-refractivity contribution in [3.8, 4) is 0 Å². The molecule has 0 saturated heterocycles. The second-order valence-corrected chi connectivity index (χ2v) is 5.97. The Hall–Kier alpha value is -1.40. The lowest BCUT2D eigenvalue weighted by atomic mass is 9.96. The molecule has 0 aromatic carbocycles. The molecule has 1 N–H and O–H groups in total. The standard InChI is InChI=1S/C12H12ClN3O2S/c13-8-5-9(19-6-8)10(17)15-12(3-1-2-4-12)11-14-7-18-16-11/h5-7H,1-4H2,(H,15,17). The van der Waals surface area contributed by atoms with Gasteiger partial charge in [-0.05, 0) is 18.9 Å². The predicted molar refractivity (Wildman–Crippen MR) is 71.2 cm³/mol. The van der Waals surface area contributed by atoms with Crippen LogP contribution in [0.5, 0.6) is 0 Å². The van der Waals surface area contributed by atoms with Crippen LogP contribution < -0.4 is 5.32 Å². The van der Waals surface area contributed by atoms with E-state index in [0.717, 1.165) is 25.7 Å². The average molecular weight is 298 g/mol. The summed E-state index contributed by atoms with van der Waals surface area (Å²) in [6, 6.07) is 1.67. The summed E-state index contributed by atoms with van der Waals surface area (Å²) in [5, 5.41) is 9.27. The zero-order valence-corrected chi connectivity index (χ0v) is 11.6. The number of thiophene rings is 1. The summed E-state index contributed by atoms with van der Waals surface area (Å²) < 4.78 is 4.81. The number of nitrogens with one attached hydrogen (secondary N) is 1. The van der Waals surface area contributed by atoms with Crippen LogP contribution >= 0.6 is 22.9 Å². The molecule has 7 heteroatoms. The molecule has 1 fully saturated rings. The van der Waals surface area contributed by atoms with Crippen LogP contribution in [0.15, 0.2) is 22.4 Å². The monoisotopic (exact) mass is 297 g/mol. The molecule has 1 saturated carbocycles. The van der Waals surface area contributed by atoms with Crippen molar-refractivity contribution in [2.45, 2.75) is 31.2 Å². The van der Waals surface area contributed by atoms with Crippen LogP contribution in [0.1, 0.15) is 41.2 Å². The Bertz CT molecular complexity index is 576. The molecule has 0 bridgehead atoms. The maximum absolute atomic E-state index is 12.3. The summed E-state index contributed by atoms with van der Waals surface area (Å²) in [5.74, 6) is 0.421. The lowest BCUT2D eigenvalue weighted by molar-refractivity contribution is 0.0896. The summed E-state index contributed by atoms with van der Waals surface area (Å²) in [6.45, 7) is 0. The van der Waals surface area contributed by atoms with Crippen molar-refractivity contribution >= 4 is 28.8 Å². The predicted octanol–water partition coefficient (Wildman–Crippen LogP) is 2.98. The van der Waals surface area contributed by atoms with E-state index in [1.54, 1.807) is 11.4 Å². The molecule has 3 rings (SSSR count). The summed E-state index contributed by atoms with van der Waals surface area (Å²) >= 11 is 7.17. The number of carbonyl (C=O) groups is 1. The average Bonchev–Trinajstić information content (AvgIpc) is 3.08. The van der Waals surface area contributed by atoms with Crippen molar-refractivity contribution in [1.82, 2.24) is 15.5 Å². The molecule has 19 heavy (non-hydrogen) atoms. The van der Waals surface area contributed by atoms with Crippen molar-refractivity contribution in [2.75, 3.05) is 0 Å². The number of aromatic nitrogens is 2. The second kappa shape index (κ2) is 4.94. The molecule has 0 unspecified atom stereocenters. The first-order valence-electron chi connectivity index (χ1n) is 6.03. The van der Waals surface area contributed by atoms with E-state index in [2.05, 4.69) is 15.5 Å². The highest BCUT2D eigenvalue weighted by Gasteiger charge is 2.41. The fraction of sp³-hybridized carbons (Fsp3) is 0.417. The van der Waals surface area contributed by atoms with Crippen molar-refractivity contribution < 1.29 is 9.32 Å². The Kier molecular flexibility index (Phi) is 3.28. The van der Waals surface area contributed by atoms with Gasteiger partial charge >= 0.3 is 0 Å². The molecular formula is C12H12ClN3O2S. The number of nitrogens with zero attached hydrogens (tertiary/aromatic N) is 2. The van der Waals surface area contributed by atoms with Crippen LogP contribution in [-0.2, 0) is 5.54 Å². The molecule has 0 spiro atoms. The van der Waals surface area contributed by atoms with Gasteiger partial charge in [0.25, 0.3) is 5.91 Å². The fourth-order valence-electron chi connectivity index (χ4n) is 2.48. The molecular weight excluding hydrogens is 286 g/mol. The van der Waals surface area contributed by atoms with Crippen molar-refractivity contribution in [1.29, 1.82) is 0 Å². The van der Waals surface area contributed by atoms with E-state index >= 15 is 0 Å². The topological polar surface area (TPSA) is 68.0 Å². The smallest absolute Gasteiger partial charge is 0.262 e. The van der Waals surface area contributed by atoms with E-state index in [4.69, 9.17) is 16.1 Å². The number of amides is 1. The maximum atomic E-state index is 12.3. The van der Waals surface area contributed by atoms with Gasteiger partial charge in [0.15, 0.2) is 5.82 Å². The van der Waals surface area contributed by atoms with Gasteiger partial charge in [-0.25, -0.2) is 0 Å². The van der Waals surface area contributed by atoms with Gasteiger partial charge in [-0.15, -0.1) is 11.3 Å². The fourth-order valence-corrected chi connectivity index (χ4v) is 3.44. The van der Waals surface area contributed by atoms with Gasteiger partial charge in [0, 0.05) is 5.38 Å². The van der Waals surface area contributed by atoms with Crippen LogP contribution in [0.3, 0.4) is 0 Å². The van der Waals surface area contributed by atoms with Gasteiger partial charge in [-0.1, -0.05) is 29.6 Å². The molecule has 1 amide bonds. The highest BCUT2D eigenvalue weighted by atomic mass is 35.5. The van der Waals surface area contributed by atoms with E-state index in [0.29, 0.717) is 15.7 Å². The van der Waals surface area contributed by atoms with Gasteiger partial charge in [0.1, 0.15) is 5.54 Å². The Morgan fingerprint density at radius 1 is 1.47 bits per heavy atom. The van der Waals surface area contributed by atoms with Crippen molar-refractivity contribution in [3.63, 3.8) is 0 Å². The summed E-state index contributed by atoms with van der Waals surface area (Å²) in [4.78, 5) is 17.0. The zero-order chi connectivity index (χ0) is 13.3. The van der Waals surface area contributed by atoms with E-state index in [1.165, 1.54) is 17.7 Å². The van der Waals surface area contributed by atoms with Gasteiger partial charge in [-0.3, -0.25) is 4.79 Å². The first kappa shape index (κ1) is 12.6. The normalized spacial score (nSPS) is 17.5. The number of halogens is 1. The Morgan fingerprint density at radius 2 is 2.26 bits per heavy atom. The number of rotatable bonds is 3. The third-order valence-corrected chi connectivity index (χ3v) is 4.67. The maximum Gasteiger partial charge on any atom is 0.262 e. The molecule has 100 valence electrons. The summed E-state index contributed by atoms with van der Waals surface area (Å²) in [6.07, 6.45) is 5.04. The minimum absolute atomic E-state index is 0.136. The Balaban J connectivity index is 1.85. The van der Waals surface area contributed by atoms with Gasteiger partial charge in [-0.2, -0.15) is 4.98 Å². The first-order chi connectivity index (χ1) is 9.20. The molecule has 1 aliphatic carbocycles. The van der Waals surface area contributed by atoms with Crippen LogP contribution in [-0.4, -0.2) is 16.0 Å². The van der Waals surface area contributed by atoms with Gasteiger partial charge in [0.05, 0.1) is 9.90 Å². The second-order valence-electron chi connectivity index (χ2n) is 4.63. The summed E-state index contributed by atoms with van der Waals surface area (Å²) in [5.41, 5.74) is -0.499. The molecule has 1 aliphatic rings. The number of carbonyl (C=O) groups excluding carboxylic acids is 1. The van der Waals surface area contributed by atoms with Crippen molar-refractivity contribution in [3.05, 3.63) is 33.6 Å². The molecule has 2 aromatic rings. The van der Waals surface area contributed by atoms with Crippen LogP contribution in [0.25, 0.3) is 0 Å². The number of hydrogen-bond acceptors (Lipinski definition) is 5. The molecule has 0 radical (unpaired) electrons. The Labute approximate surface area is 119 Å². The van der Waals surface area contributed by atoms with Crippen molar-refractivity contribution in [2.24, 2.45) is 0 Å². The van der Waals surface area contributed by atoms with E-state index in [-0.39, 0.29) is 5.91 Å². The lowest BCUT2D eigenvalue weighted by Gasteiger charge is -2.26. The highest BCUT2D eigenvalue weighted by Crippen LogP contribution is 2.37. The first-order valence-corrected chi connectivity index (χ1v) is 7.29. The SMILES string of the molecule is O=C(NC1(c2ncon2)CCCC1)c1cc(Cl)cs1. The highest BCUT2D eigenvalue weighted by molar-refractivity contribution is 7.12. The molecule has 0 aliphatic heterocycles. The molecule has 0 atom stereocenters. The molecule has 2 aromatic heterocycles. The van der Waals surface area contributed by atoms with Gasteiger partial charge < -0.3 is 9.84 Å². The largest absolute Gasteiger partial charge is 0.343 e. The van der Waals surface area contributed by atoms with Crippen LogP contribution in [0.2, 0.25) is 5.02 Å². The van der Waals surface area contributed by atoms with Crippen LogP contribution in [0, 0.1) is 0 Å². The van der Waals surface area contributed by atoms with Crippen LogP contribution in [0.4, 0.5) is 0 Å². The zero-order valence-electron chi connectivity index (χ0n) is 10.1. The quantitative estimate of drug-likeness (QED) is 0.945. The molecule has 5 nitrogen and oxygen atoms in total. The van der Waals surface area contributed by atoms with E-state index in [1.807, 2.05) is 0 Å². The third-order valence-electron chi connectivity index (χ3n) is 3.39. The third kappa shape index (κ3) is 2.37. The number of hydrogen-bond donors (Lipinski definition) is 1. The van der Waals surface area contributed by atoms with E-state index < -0.39 is 5.54 Å². The molecule has 2 heterocycles. The summed E-state index contributed by atoms with van der Waals surface area (Å²) in [7, 11) is 0. The van der Waals surface area contributed by atoms with Gasteiger partial charge in [0.2, 0.25) is 6.39 Å². The minimum atomic E-state index is -0.499. The lowest BCUT2D eigenvalue weighted by Crippen LogP contribution is -2.44. The Morgan fingerprint density at radius 3 is 2.84 bits per heavy atom.